The first-order valence-corrected chi connectivity index (χ1v) is 5.44. The highest BCUT2D eigenvalue weighted by Gasteiger charge is 2.25. The van der Waals surface area contributed by atoms with Crippen LogP contribution in [-0.4, -0.2) is 36.7 Å². The average molecular weight is 199 g/mol. The summed E-state index contributed by atoms with van der Waals surface area (Å²) in [4.78, 5) is 1.91. The number of epoxide rings is 1. The standard InChI is InChI=1S/C10H21N3O/c1-2-3-4-5-6-13(10(11)12)7-9-8-14-9/h9H,2-8H2,1H3,(H3,11,12). The van der Waals surface area contributed by atoms with Crippen molar-refractivity contribution in [1.82, 2.24) is 4.90 Å². The van der Waals surface area contributed by atoms with Crippen LogP contribution in [0.1, 0.15) is 32.6 Å². The first-order chi connectivity index (χ1) is 6.74. The molecule has 1 rings (SSSR count). The van der Waals surface area contributed by atoms with Gasteiger partial charge in [0, 0.05) is 13.1 Å². The van der Waals surface area contributed by atoms with Crippen LogP contribution < -0.4 is 5.73 Å². The Balaban J connectivity index is 2.10. The Labute approximate surface area is 85.9 Å². The van der Waals surface area contributed by atoms with E-state index >= 15 is 0 Å². The fourth-order valence-corrected chi connectivity index (χ4v) is 1.46. The summed E-state index contributed by atoms with van der Waals surface area (Å²) in [5, 5.41) is 7.40. The molecule has 0 bridgehead atoms. The van der Waals surface area contributed by atoms with Crippen molar-refractivity contribution in [1.29, 1.82) is 5.41 Å². The molecule has 1 fully saturated rings. The minimum Gasteiger partial charge on any atom is -0.371 e. The summed E-state index contributed by atoms with van der Waals surface area (Å²) in [5.41, 5.74) is 5.48. The number of guanidine groups is 1. The second-order valence-corrected chi connectivity index (χ2v) is 3.85. The maximum Gasteiger partial charge on any atom is 0.188 e. The first kappa shape index (κ1) is 11.3. The van der Waals surface area contributed by atoms with Crippen molar-refractivity contribution in [2.75, 3.05) is 19.7 Å². The summed E-state index contributed by atoms with van der Waals surface area (Å²) >= 11 is 0. The normalized spacial score (nSPS) is 19.4. The molecule has 0 aromatic carbocycles. The molecule has 1 aliphatic heterocycles. The van der Waals surface area contributed by atoms with Gasteiger partial charge in [0.25, 0.3) is 0 Å². The molecule has 0 spiro atoms. The van der Waals surface area contributed by atoms with Gasteiger partial charge in [-0.3, -0.25) is 5.41 Å². The van der Waals surface area contributed by atoms with E-state index in [9.17, 15) is 0 Å². The number of rotatable bonds is 7. The predicted molar refractivity (Wildman–Crippen MR) is 57.4 cm³/mol. The molecule has 0 aromatic heterocycles. The second kappa shape index (κ2) is 5.86. The summed E-state index contributed by atoms with van der Waals surface area (Å²) in [7, 11) is 0. The van der Waals surface area contributed by atoms with Crippen LogP contribution in [0.15, 0.2) is 0 Å². The maximum absolute atomic E-state index is 7.40. The lowest BCUT2D eigenvalue weighted by Crippen LogP contribution is -2.39. The number of nitrogens with zero attached hydrogens (tertiary/aromatic N) is 1. The van der Waals surface area contributed by atoms with E-state index < -0.39 is 0 Å². The van der Waals surface area contributed by atoms with E-state index in [-0.39, 0.29) is 5.96 Å². The molecule has 1 saturated heterocycles. The Morgan fingerprint density at radius 3 is 2.71 bits per heavy atom. The quantitative estimate of drug-likeness (QED) is 0.280. The van der Waals surface area contributed by atoms with Crippen LogP contribution in [0.2, 0.25) is 0 Å². The molecular formula is C10H21N3O. The highest BCUT2D eigenvalue weighted by molar-refractivity contribution is 5.74. The Kier molecular flexibility index (Phi) is 4.73. The number of hydrogen-bond acceptors (Lipinski definition) is 2. The highest BCUT2D eigenvalue weighted by Crippen LogP contribution is 2.11. The van der Waals surface area contributed by atoms with E-state index in [1.165, 1.54) is 19.3 Å². The van der Waals surface area contributed by atoms with Crippen molar-refractivity contribution >= 4 is 5.96 Å². The molecule has 82 valence electrons. The molecule has 1 unspecified atom stereocenters. The van der Waals surface area contributed by atoms with Gasteiger partial charge >= 0.3 is 0 Å². The fourth-order valence-electron chi connectivity index (χ4n) is 1.46. The van der Waals surface area contributed by atoms with Crippen LogP contribution in [-0.2, 0) is 4.74 Å². The van der Waals surface area contributed by atoms with Crippen LogP contribution in [0.3, 0.4) is 0 Å². The van der Waals surface area contributed by atoms with Crippen molar-refractivity contribution in [3.05, 3.63) is 0 Å². The van der Waals surface area contributed by atoms with Gasteiger partial charge < -0.3 is 15.4 Å². The van der Waals surface area contributed by atoms with Crippen LogP contribution in [0, 0.1) is 5.41 Å². The van der Waals surface area contributed by atoms with Gasteiger partial charge in [0.2, 0.25) is 0 Å². The summed E-state index contributed by atoms with van der Waals surface area (Å²) in [6.45, 7) is 4.72. The maximum atomic E-state index is 7.40. The van der Waals surface area contributed by atoms with E-state index in [1.807, 2.05) is 4.90 Å². The van der Waals surface area contributed by atoms with Gasteiger partial charge in [0.05, 0.1) is 12.7 Å². The van der Waals surface area contributed by atoms with Crippen molar-refractivity contribution < 1.29 is 4.74 Å². The molecule has 0 aromatic rings. The van der Waals surface area contributed by atoms with Crippen molar-refractivity contribution in [2.24, 2.45) is 5.73 Å². The van der Waals surface area contributed by atoms with Crippen LogP contribution >= 0.6 is 0 Å². The third kappa shape index (κ3) is 4.46. The van der Waals surface area contributed by atoms with Crippen LogP contribution in [0.5, 0.6) is 0 Å². The summed E-state index contributed by atoms with van der Waals surface area (Å²) in [5.74, 6) is 0.178. The molecule has 4 nitrogen and oxygen atoms in total. The molecule has 4 heteroatoms. The zero-order chi connectivity index (χ0) is 10.4. The zero-order valence-electron chi connectivity index (χ0n) is 8.96. The van der Waals surface area contributed by atoms with Gasteiger partial charge in [-0.15, -0.1) is 0 Å². The molecule has 1 atom stereocenters. The molecule has 1 heterocycles. The first-order valence-electron chi connectivity index (χ1n) is 5.44. The SMILES string of the molecule is CCCCCCN(CC1CO1)C(=N)N. The molecule has 3 N–H and O–H groups in total. The molecule has 14 heavy (non-hydrogen) atoms. The smallest absolute Gasteiger partial charge is 0.188 e. The van der Waals surface area contributed by atoms with Crippen molar-refractivity contribution in [2.45, 2.75) is 38.7 Å². The second-order valence-electron chi connectivity index (χ2n) is 3.85. The van der Waals surface area contributed by atoms with E-state index in [2.05, 4.69) is 6.92 Å². The van der Waals surface area contributed by atoms with E-state index in [0.29, 0.717) is 6.10 Å². The van der Waals surface area contributed by atoms with Gasteiger partial charge in [0.1, 0.15) is 0 Å². The summed E-state index contributed by atoms with van der Waals surface area (Å²) in [6.07, 6.45) is 5.19. The summed E-state index contributed by atoms with van der Waals surface area (Å²) < 4.78 is 5.12. The number of nitrogens with one attached hydrogen (secondary N) is 1. The highest BCUT2D eigenvalue weighted by atomic mass is 16.6. The van der Waals surface area contributed by atoms with Gasteiger partial charge in [-0.2, -0.15) is 0 Å². The topological polar surface area (TPSA) is 65.6 Å². The minimum absolute atomic E-state index is 0.178. The zero-order valence-corrected chi connectivity index (χ0v) is 8.96. The fraction of sp³-hybridized carbons (Fsp3) is 0.900. The lowest BCUT2D eigenvalue weighted by Gasteiger charge is -2.21. The minimum atomic E-state index is 0.178. The van der Waals surface area contributed by atoms with Crippen LogP contribution in [0.25, 0.3) is 0 Å². The Morgan fingerprint density at radius 1 is 1.50 bits per heavy atom. The van der Waals surface area contributed by atoms with E-state index in [4.69, 9.17) is 15.9 Å². The van der Waals surface area contributed by atoms with Crippen molar-refractivity contribution in [3.8, 4) is 0 Å². The lowest BCUT2D eigenvalue weighted by atomic mass is 10.2. The Morgan fingerprint density at radius 2 is 2.21 bits per heavy atom. The largest absolute Gasteiger partial charge is 0.371 e. The van der Waals surface area contributed by atoms with Gasteiger partial charge in [-0.25, -0.2) is 0 Å². The van der Waals surface area contributed by atoms with Crippen molar-refractivity contribution in [3.63, 3.8) is 0 Å². The average Bonchev–Trinajstić information content (AvgIpc) is 2.93. The lowest BCUT2D eigenvalue weighted by molar-refractivity contribution is 0.323. The molecule has 1 aliphatic rings. The summed E-state index contributed by atoms with van der Waals surface area (Å²) in [6, 6.07) is 0. The van der Waals surface area contributed by atoms with Crippen LogP contribution in [0.4, 0.5) is 0 Å². The molecular weight excluding hydrogens is 178 g/mol. The number of nitrogens with two attached hydrogens (primary N) is 1. The molecule has 0 aliphatic carbocycles. The Hall–Kier alpha value is -0.770. The van der Waals surface area contributed by atoms with Gasteiger partial charge in [-0.1, -0.05) is 26.2 Å². The van der Waals surface area contributed by atoms with E-state index in [0.717, 1.165) is 26.1 Å². The monoisotopic (exact) mass is 199 g/mol. The van der Waals surface area contributed by atoms with E-state index in [1.54, 1.807) is 0 Å². The molecule has 0 radical (unpaired) electrons. The molecule has 0 amide bonds. The Bertz CT molecular complexity index is 180. The third-order valence-electron chi connectivity index (χ3n) is 2.45. The number of unbranched alkanes of at least 4 members (excludes halogenated alkanes) is 3. The number of hydrogen-bond donors (Lipinski definition) is 2. The third-order valence-corrected chi connectivity index (χ3v) is 2.45. The number of ether oxygens (including phenoxy) is 1. The molecule has 0 saturated carbocycles. The predicted octanol–water partition coefficient (Wildman–Crippen LogP) is 1.16. The van der Waals surface area contributed by atoms with Gasteiger partial charge in [0.15, 0.2) is 5.96 Å². The van der Waals surface area contributed by atoms with Gasteiger partial charge in [-0.05, 0) is 6.42 Å².